The molecule has 0 radical (unpaired) electrons. The molecular formula is C17H12BrClN2O2. The number of carbonyl (C=O) groups is 1. The molecule has 0 saturated heterocycles. The highest BCUT2D eigenvalue weighted by molar-refractivity contribution is 9.10. The van der Waals surface area contributed by atoms with Crippen molar-refractivity contribution in [3.63, 3.8) is 0 Å². The molecule has 6 heteroatoms. The third-order valence-electron chi connectivity index (χ3n) is 3.18. The molecule has 0 spiro atoms. The van der Waals surface area contributed by atoms with Gasteiger partial charge in [-0.2, -0.15) is 0 Å². The quantitative estimate of drug-likeness (QED) is 0.702. The third kappa shape index (κ3) is 4.00. The van der Waals surface area contributed by atoms with Crippen LogP contribution in [-0.4, -0.2) is 10.9 Å². The zero-order valence-corrected chi connectivity index (χ0v) is 14.3. The zero-order chi connectivity index (χ0) is 16.2. The van der Waals surface area contributed by atoms with Gasteiger partial charge in [0, 0.05) is 27.5 Å². The third-order valence-corrected chi connectivity index (χ3v) is 3.87. The van der Waals surface area contributed by atoms with E-state index in [9.17, 15) is 4.79 Å². The fraction of sp³-hybridized carbons (Fsp3) is 0.0588. The van der Waals surface area contributed by atoms with Crippen molar-refractivity contribution in [2.45, 2.75) is 6.54 Å². The largest absolute Gasteiger partial charge is 0.459 e. The van der Waals surface area contributed by atoms with Crippen LogP contribution < -0.4 is 5.32 Å². The summed E-state index contributed by atoms with van der Waals surface area (Å²) in [5.41, 5.74) is 1.42. The number of halogens is 2. The van der Waals surface area contributed by atoms with Gasteiger partial charge < -0.3 is 9.73 Å². The molecule has 1 amide bonds. The smallest absolute Gasteiger partial charge is 0.253 e. The molecule has 0 aliphatic carbocycles. The molecule has 4 nitrogen and oxygen atoms in total. The maximum absolute atomic E-state index is 12.1. The fourth-order valence-electron chi connectivity index (χ4n) is 2.05. The van der Waals surface area contributed by atoms with Gasteiger partial charge in [-0.1, -0.05) is 11.6 Å². The minimum atomic E-state index is -0.205. The average Bonchev–Trinajstić information content (AvgIpc) is 3.02. The predicted octanol–water partition coefficient (Wildman–Crippen LogP) is 4.69. The van der Waals surface area contributed by atoms with Gasteiger partial charge >= 0.3 is 0 Å². The summed E-state index contributed by atoms with van der Waals surface area (Å²) < 4.78 is 6.49. The second-order valence-corrected chi connectivity index (χ2v) is 6.20. The van der Waals surface area contributed by atoms with E-state index in [-0.39, 0.29) is 5.91 Å². The molecule has 0 bridgehead atoms. The lowest BCUT2D eigenvalue weighted by molar-refractivity contribution is 0.0947. The number of hydrogen-bond donors (Lipinski definition) is 1. The molecule has 1 N–H and O–H groups in total. The lowest BCUT2D eigenvalue weighted by Gasteiger charge is -2.03. The Balaban J connectivity index is 1.65. The number of hydrogen-bond acceptors (Lipinski definition) is 3. The first-order valence-corrected chi connectivity index (χ1v) is 8.02. The van der Waals surface area contributed by atoms with Crippen LogP contribution in [0.1, 0.15) is 16.1 Å². The topological polar surface area (TPSA) is 55.1 Å². The number of amides is 1. The zero-order valence-electron chi connectivity index (χ0n) is 11.9. The molecule has 0 fully saturated rings. The van der Waals surface area contributed by atoms with Crippen LogP contribution in [0.2, 0.25) is 5.02 Å². The first-order chi connectivity index (χ1) is 11.1. The Kier molecular flexibility index (Phi) is 4.79. The molecule has 3 rings (SSSR count). The van der Waals surface area contributed by atoms with E-state index < -0.39 is 0 Å². The Morgan fingerprint density at radius 3 is 2.70 bits per heavy atom. The van der Waals surface area contributed by atoms with Gasteiger partial charge in [0.1, 0.15) is 11.5 Å². The van der Waals surface area contributed by atoms with Gasteiger partial charge in [0.2, 0.25) is 0 Å². The van der Waals surface area contributed by atoms with Crippen LogP contribution in [0.25, 0.3) is 11.3 Å². The summed E-state index contributed by atoms with van der Waals surface area (Å²) in [6.07, 6.45) is 3.14. The van der Waals surface area contributed by atoms with E-state index in [0.29, 0.717) is 22.9 Å². The lowest BCUT2D eigenvalue weighted by atomic mass is 10.2. The molecule has 1 aromatic carbocycles. The summed E-state index contributed by atoms with van der Waals surface area (Å²) in [6, 6.07) is 12.8. The van der Waals surface area contributed by atoms with Crippen molar-refractivity contribution in [1.82, 2.24) is 10.3 Å². The SMILES string of the molecule is O=C(NCc1ccc(-c2ccc(Cl)cc2)o1)c1cncc(Br)c1. The number of nitrogens with zero attached hydrogens (tertiary/aromatic N) is 1. The molecule has 0 unspecified atom stereocenters. The van der Waals surface area contributed by atoms with Crippen molar-refractivity contribution in [2.24, 2.45) is 0 Å². The van der Waals surface area contributed by atoms with Gasteiger partial charge in [-0.25, -0.2) is 0 Å². The number of aromatic nitrogens is 1. The van der Waals surface area contributed by atoms with Gasteiger partial charge in [-0.3, -0.25) is 9.78 Å². The number of nitrogens with one attached hydrogen (secondary N) is 1. The maximum Gasteiger partial charge on any atom is 0.253 e. The van der Waals surface area contributed by atoms with Crippen molar-refractivity contribution in [3.8, 4) is 11.3 Å². The van der Waals surface area contributed by atoms with Crippen LogP contribution in [-0.2, 0) is 6.54 Å². The van der Waals surface area contributed by atoms with Gasteiger partial charge in [-0.05, 0) is 58.4 Å². The summed E-state index contributed by atoms with van der Waals surface area (Å²) in [5.74, 6) is 1.20. The fourth-order valence-corrected chi connectivity index (χ4v) is 2.54. The molecule has 3 aromatic rings. The lowest BCUT2D eigenvalue weighted by Crippen LogP contribution is -2.22. The maximum atomic E-state index is 12.1. The van der Waals surface area contributed by atoms with E-state index in [1.165, 1.54) is 6.20 Å². The first kappa shape index (κ1) is 15.8. The molecule has 0 saturated carbocycles. The Morgan fingerprint density at radius 2 is 1.96 bits per heavy atom. The summed E-state index contributed by atoms with van der Waals surface area (Å²) in [7, 11) is 0. The standard InChI is InChI=1S/C17H12BrClN2O2/c18-13-7-12(8-20-9-13)17(22)21-10-15-5-6-16(23-15)11-1-3-14(19)4-2-11/h1-9H,10H2,(H,21,22). The summed E-state index contributed by atoms with van der Waals surface area (Å²) in [5, 5.41) is 3.48. The monoisotopic (exact) mass is 390 g/mol. The second kappa shape index (κ2) is 6.98. The summed E-state index contributed by atoms with van der Waals surface area (Å²) in [4.78, 5) is 16.0. The van der Waals surface area contributed by atoms with Crippen molar-refractivity contribution < 1.29 is 9.21 Å². The van der Waals surface area contributed by atoms with E-state index in [2.05, 4.69) is 26.2 Å². The normalized spacial score (nSPS) is 10.5. The van der Waals surface area contributed by atoms with E-state index in [1.54, 1.807) is 24.4 Å². The first-order valence-electron chi connectivity index (χ1n) is 6.85. The van der Waals surface area contributed by atoms with Crippen LogP contribution in [0.3, 0.4) is 0 Å². The Hall–Kier alpha value is -2.11. The highest BCUT2D eigenvalue weighted by Gasteiger charge is 2.09. The molecule has 0 atom stereocenters. The van der Waals surface area contributed by atoms with E-state index in [0.717, 1.165) is 15.8 Å². The molecule has 0 aliphatic rings. The van der Waals surface area contributed by atoms with Crippen molar-refractivity contribution in [1.29, 1.82) is 0 Å². The minimum Gasteiger partial charge on any atom is -0.459 e. The second-order valence-electron chi connectivity index (χ2n) is 4.85. The highest BCUT2D eigenvalue weighted by Crippen LogP contribution is 2.23. The average molecular weight is 392 g/mol. The van der Waals surface area contributed by atoms with Crippen LogP contribution in [0.4, 0.5) is 0 Å². The van der Waals surface area contributed by atoms with Gasteiger partial charge in [0.05, 0.1) is 12.1 Å². The van der Waals surface area contributed by atoms with E-state index in [4.69, 9.17) is 16.0 Å². The molecule has 2 heterocycles. The van der Waals surface area contributed by atoms with Gasteiger partial charge in [0.15, 0.2) is 0 Å². The number of carbonyl (C=O) groups excluding carboxylic acids is 1. The van der Waals surface area contributed by atoms with Crippen molar-refractivity contribution >= 4 is 33.4 Å². The summed E-state index contributed by atoms with van der Waals surface area (Å²) in [6.45, 7) is 0.305. The van der Waals surface area contributed by atoms with E-state index >= 15 is 0 Å². The molecule has 116 valence electrons. The van der Waals surface area contributed by atoms with Crippen LogP contribution in [0, 0.1) is 0 Å². The van der Waals surface area contributed by atoms with Crippen LogP contribution in [0.15, 0.2) is 63.7 Å². The minimum absolute atomic E-state index is 0.205. The molecular weight excluding hydrogens is 380 g/mol. The number of benzene rings is 1. The number of furan rings is 1. The molecule has 23 heavy (non-hydrogen) atoms. The van der Waals surface area contributed by atoms with Gasteiger partial charge in [-0.15, -0.1) is 0 Å². The van der Waals surface area contributed by atoms with Crippen molar-refractivity contribution in [3.05, 3.63) is 75.7 Å². The van der Waals surface area contributed by atoms with Crippen molar-refractivity contribution in [2.75, 3.05) is 0 Å². The molecule has 0 aliphatic heterocycles. The highest BCUT2D eigenvalue weighted by atomic mass is 79.9. The van der Waals surface area contributed by atoms with E-state index in [1.807, 2.05) is 24.3 Å². The van der Waals surface area contributed by atoms with Gasteiger partial charge in [0.25, 0.3) is 5.91 Å². The molecule has 2 aromatic heterocycles. The summed E-state index contributed by atoms with van der Waals surface area (Å²) >= 11 is 9.16. The Bertz CT molecular complexity index is 831. The van der Waals surface area contributed by atoms with Crippen LogP contribution >= 0.6 is 27.5 Å². The Morgan fingerprint density at radius 1 is 1.17 bits per heavy atom. The number of rotatable bonds is 4. The predicted molar refractivity (Wildman–Crippen MR) is 92.3 cm³/mol. The van der Waals surface area contributed by atoms with Crippen LogP contribution in [0.5, 0.6) is 0 Å². The number of pyridine rings is 1. The Labute approximate surface area is 146 Å².